The van der Waals surface area contributed by atoms with Crippen molar-refractivity contribution in [2.24, 2.45) is 0 Å². The lowest BCUT2D eigenvalue weighted by atomic mass is 10.1. The first-order valence-electron chi connectivity index (χ1n) is 10.9. The van der Waals surface area contributed by atoms with Gasteiger partial charge in [-0.15, -0.1) is 13.2 Å². The first kappa shape index (κ1) is 25.0. The Labute approximate surface area is 205 Å². The van der Waals surface area contributed by atoms with E-state index in [2.05, 4.69) is 15.0 Å². The van der Waals surface area contributed by atoms with E-state index in [4.69, 9.17) is 26.4 Å². The zero-order valence-corrected chi connectivity index (χ0v) is 19.8. The molecule has 1 saturated heterocycles. The zero-order chi connectivity index (χ0) is 25.0. The molecular weight excluding hydrogens is 483 g/mol. The van der Waals surface area contributed by atoms with Crippen molar-refractivity contribution in [1.29, 1.82) is 0 Å². The van der Waals surface area contributed by atoms with Gasteiger partial charge in [0.05, 0.1) is 24.2 Å². The molecule has 1 fully saturated rings. The lowest BCUT2D eigenvalue weighted by Crippen LogP contribution is -2.40. The number of rotatable bonds is 6. The molecule has 0 amide bonds. The Morgan fingerprint density at radius 2 is 1.83 bits per heavy atom. The number of nitrogens with zero attached hydrogens (tertiary/aromatic N) is 2. The van der Waals surface area contributed by atoms with Gasteiger partial charge >= 0.3 is 6.36 Å². The molecule has 3 aromatic rings. The lowest BCUT2D eigenvalue weighted by molar-refractivity contribution is -0.274. The number of imidazole rings is 1. The minimum atomic E-state index is -4.73. The Morgan fingerprint density at radius 1 is 1.11 bits per heavy atom. The molecule has 0 spiro atoms. The molecule has 0 aliphatic carbocycles. The Morgan fingerprint density at radius 3 is 2.46 bits per heavy atom. The Hall–Kier alpha value is -3.15. The number of anilines is 1. The van der Waals surface area contributed by atoms with Gasteiger partial charge in [0.1, 0.15) is 5.75 Å². The van der Waals surface area contributed by atoms with Crippen molar-refractivity contribution >= 4 is 23.1 Å². The summed E-state index contributed by atoms with van der Waals surface area (Å²) in [5, 5.41) is 3.26. The fraction of sp³-hybridized carbons (Fsp3) is 0.333. The van der Waals surface area contributed by atoms with Crippen LogP contribution in [0.2, 0.25) is 0 Å². The van der Waals surface area contributed by atoms with Gasteiger partial charge in [0.25, 0.3) is 5.17 Å². The highest BCUT2D eigenvalue weighted by atomic mass is 32.1. The number of alkyl halides is 3. The van der Waals surface area contributed by atoms with E-state index in [1.807, 2.05) is 31.2 Å². The largest absolute Gasteiger partial charge is 0.573 e. The molecule has 35 heavy (non-hydrogen) atoms. The SMILES string of the molecule is COC1CCC(OC(=S)Nc2ccc(-c3cn(-c4ccc(OC(F)(F)F)cc4)cn3)cc2)O[C@H]1C. The fourth-order valence-corrected chi connectivity index (χ4v) is 3.98. The third kappa shape index (κ3) is 6.71. The molecule has 2 heterocycles. The van der Waals surface area contributed by atoms with Crippen molar-refractivity contribution in [3.05, 3.63) is 61.1 Å². The number of thiocarbonyl (C=S) groups is 1. The Balaban J connectivity index is 1.33. The van der Waals surface area contributed by atoms with Crippen LogP contribution in [0.4, 0.5) is 18.9 Å². The molecule has 1 aliphatic rings. The highest BCUT2D eigenvalue weighted by Crippen LogP contribution is 2.26. The summed E-state index contributed by atoms with van der Waals surface area (Å²) in [6.07, 6.45) is -0.289. The minimum Gasteiger partial charge on any atom is -0.441 e. The second-order valence-corrected chi connectivity index (χ2v) is 8.31. The van der Waals surface area contributed by atoms with Gasteiger partial charge in [-0.1, -0.05) is 12.1 Å². The van der Waals surface area contributed by atoms with Crippen LogP contribution in [0, 0.1) is 0 Å². The van der Waals surface area contributed by atoms with Crippen LogP contribution < -0.4 is 10.1 Å². The van der Waals surface area contributed by atoms with Gasteiger partial charge in [-0.3, -0.25) is 0 Å². The number of halogens is 3. The molecule has 1 aromatic heterocycles. The molecule has 3 atom stereocenters. The van der Waals surface area contributed by atoms with E-state index >= 15 is 0 Å². The van der Waals surface area contributed by atoms with Crippen molar-refractivity contribution in [2.45, 2.75) is 44.6 Å². The summed E-state index contributed by atoms with van der Waals surface area (Å²) >= 11 is 5.30. The van der Waals surface area contributed by atoms with E-state index in [1.54, 1.807) is 24.2 Å². The number of benzene rings is 2. The lowest BCUT2D eigenvalue weighted by Gasteiger charge is -2.33. The van der Waals surface area contributed by atoms with Gasteiger partial charge in [-0.05, 0) is 62.0 Å². The van der Waals surface area contributed by atoms with Gasteiger partial charge in [-0.25, -0.2) is 4.98 Å². The molecule has 1 aliphatic heterocycles. The van der Waals surface area contributed by atoms with Crippen LogP contribution in [0.25, 0.3) is 16.9 Å². The normalized spacial score (nSPS) is 20.3. The molecule has 1 N–H and O–H groups in total. The van der Waals surface area contributed by atoms with Gasteiger partial charge in [0, 0.05) is 36.7 Å². The van der Waals surface area contributed by atoms with Crippen molar-refractivity contribution < 1.29 is 32.1 Å². The number of hydrogen-bond donors (Lipinski definition) is 1. The standard InChI is InChI=1S/C24H24F3N3O4S/c1-15-21(31-2)11-12-22(32-15)33-23(35)29-17-5-3-16(4-6-17)20-13-30(14-28-20)18-7-9-19(10-8-18)34-24(25,26)27/h3-10,13-15,21-22H,11-12H2,1-2H3,(H,29,35)/t15-,21?,22?/m0/s1. The molecule has 4 rings (SSSR count). The number of aromatic nitrogens is 2. The molecule has 0 bridgehead atoms. The van der Waals surface area contributed by atoms with Crippen LogP contribution in [-0.4, -0.2) is 46.7 Å². The van der Waals surface area contributed by atoms with Crippen molar-refractivity contribution in [3.63, 3.8) is 0 Å². The van der Waals surface area contributed by atoms with Crippen LogP contribution in [-0.2, 0) is 14.2 Å². The molecule has 2 unspecified atom stereocenters. The highest BCUT2D eigenvalue weighted by Gasteiger charge is 2.31. The maximum Gasteiger partial charge on any atom is 0.573 e. The summed E-state index contributed by atoms with van der Waals surface area (Å²) in [6.45, 7) is 1.94. The van der Waals surface area contributed by atoms with E-state index in [9.17, 15) is 13.2 Å². The van der Waals surface area contributed by atoms with Crippen LogP contribution >= 0.6 is 12.2 Å². The first-order chi connectivity index (χ1) is 16.7. The fourth-order valence-electron chi connectivity index (χ4n) is 3.75. The first-order valence-corrected chi connectivity index (χ1v) is 11.3. The topological polar surface area (TPSA) is 66.8 Å². The van der Waals surface area contributed by atoms with Crippen LogP contribution in [0.1, 0.15) is 19.8 Å². The predicted octanol–water partition coefficient (Wildman–Crippen LogP) is 5.69. The second-order valence-electron chi connectivity index (χ2n) is 7.94. The highest BCUT2D eigenvalue weighted by molar-refractivity contribution is 7.80. The molecule has 2 aromatic carbocycles. The number of nitrogens with one attached hydrogen (secondary N) is 1. The van der Waals surface area contributed by atoms with E-state index in [1.165, 1.54) is 24.3 Å². The van der Waals surface area contributed by atoms with Crippen molar-refractivity contribution in [2.75, 3.05) is 12.4 Å². The third-order valence-corrected chi connectivity index (χ3v) is 5.69. The zero-order valence-electron chi connectivity index (χ0n) is 19.0. The summed E-state index contributed by atoms with van der Waals surface area (Å²) in [6, 6.07) is 13.0. The Kier molecular flexibility index (Phi) is 7.58. The Bertz CT molecular complexity index is 1140. The van der Waals surface area contributed by atoms with Crippen LogP contribution in [0.3, 0.4) is 0 Å². The van der Waals surface area contributed by atoms with Gasteiger partial charge < -0.3 is 28.8 Å². The molecule has 7 nitrogen and oxygen atoms in total. The summed E-state index contributed by atoms with van der Waals surface area (Å²) in [5.74, 6) is -0.282. The predicted molar refractivity (Wildman–Crippen MR) is 127 cm³/mol. The maximum absolute atomic E-state index is 12.3. The molecular formula is C24H24F3N3O4S. The van der Waals surface area contributed by atoms with Crippen molar-refractivity contribution in [3.8, 4) is 22.7 Å². The monoisotopic (exact) mass is 507 g/mol. The van der Waals surface area contributed by atoms with E-state index < -0.39 is 12.7 Å². The number of methoxy groups -OCH3 is 1. The summed E-state index contributed by atoms with van der Waals surface area (Å²) in [4.78, 5) is 4.39. The minimum absolute atomic E-state index is 0.0511. The average molecular weight is 508 g/mol. The quantitative estimate of drug-likeness (QED) is 0.430. The van der Waals surface area contributed by atoms with Crippen molar-refractivity contribution in [1.82, 2.24) is 9.55 Å². The number of hydrogen-bond acceptors (Lipinski definition) is 6. The van der Waals surface area contributed by atoms with Gasteiger partial charge in [0.15, 0.2) is 0 Å². The summed E-state index contributed by atoms with van der Waals surface area (Å²) in [7, 11) is 1.67. The van der Waals surface area contributed by atoms with Gasteiger partial charge in [-0.2, -0.15) is 0 Å². The number of ether oxygens (including phenoxy) is 4. The molecule has 0 radical (unpaired) electrons. The van der Waals surface area contributed by atoms with Gasteiger partial charge in [0.2, 0.25) is 6.29 Å². The maximum atomic E-state index is 12.3. The third-order valence-electron chi connectivity index (χ3n) is 5.50. The van der Waals surface area contributed by atoms with Crippen LogP contribution in [0.15, 0.2) is 61.1 Å². The molecule has 11 heteroatoms. The smallest absolute Gasteiger partial charge is 0.441 e. The summed E-state index contributed by atoms with van der Waals surface area (Å²) in [5.41, 5.74) is 2.95. The molecule has 0 saturated carbocycles. The average Bonchev–Trinajstić information content (AvgIpc) is 3.29. The van der Waals surface area contributed by atoms with E-state index in [-0.39, 0.29) is 23.1 Å². The van der Waals surface area contributed by atoms with Crippen LogP contribution in [0.5, 0.6) is 5.75 Å². The second kappa shape index (κ2) is 10.6. The van der Waals surface area contributed by atoms with E-state index in [0.717, 1.165) is 17.7 Å². The molecule has 186 valence electrons. The summed E-state index contributed by atoms with van der Waals surface area (Å²) < 4.78 is 59.5. The van der Waals surface area contributed by atoms with E-state index in [0.29, 0.717) is 17.8 Å².